The molecular formula is C27H28O7. The van der Waals surface area contributed by atoms with Gasteiger partial charge in [0.1, 0.15) is 23.5 Å². The molecule has 5 rings (SSSR count). The van der Waals surface area contributed by atoms with Gasteiger partial charge in [-0.25, -0.2) is 0 Å². The second-order valence-electron chi connectivity index (χ2n) is 7.86. The summed E-state index contributed by atoms with van der Waals surface area (Å²) in [6, 6.07) is 18.1. The number of ether oxygens (including phenoxy) is 5. The number of hydrogen-bond donors (Lipinski definition) is 0. The summed E-state index contributed by atoms with van der Waals surface area (Å²) >= 11 is 0. The highest BCUT2D eigenvalue weighted by Crippen LogP contribution is 2.39. The number of fused-ring (bicyclic) bond motifs is 7. The third-order valence-corrected chi connectivity index (χ3v) is 5.63. The van der Waals surface area contributed by atoms with Gasteiger partial charge in [0.05, 0.1) is 46.2 Å². The van der Waals surface area contributed by atoms with Crippen LogP contribution in [0.15, 0.2) is 63.4 Å². The molecule has 7 nitrogen and oxygen atoms in total. The molecule has 0 unspecified atom stereocenters. The Morgan fingerprint density at radius 3 is 1.82 bits per heavy atom. The van der Waals surface area contributed by atoms with E-state index in [9.17, 15) is 0 Å². The molecule has 5 aromatic rings. The van der Waals surface area contributed by atoms with E-state index < -0.39 is 0 Å². The van der Waals surface area contributed by atoms with Crippen LogP contribution in [0.1, 0.15) is 0 Å². The lowest BCUT2D eigenvalue weighted by molar-refractivity contribution is 0.000166. The molecule has 0 aliphatic heterocycles. The highest BCUT2D eigenvalue weighted by atomic mass is 16.6. The van der Waals surface area contributed by atoms with Gasteiger partial charge in [-0.15, -0.1) is 0 Å². The van der Waals surface area contributed by atoms with Crippen LogP contribution in [0.25, 0.3) is 43.9 Å². The summed E-state index contributed by atoms with van der Waals surface area (Å²) in [5, 5.41) is 4.20. The fraction of sp³-hybridized carbons (Fsp3) is 0.333. The Morgan fingerprint density at radius 1 is 0.559 bits per heavy atom. The van der Waals surface area contributed by atoms with E-state index in [2.05, 4.69) is 18.2 Å². The molecule has 0 saturated carbocycles. The SMILES string of the molecule is COCCOCCOCCOCCOc1ccc2c(c1)oc1c2ccc2c3ccccc3oc21. The van der Waals surface area contributed by atoms with Gasteiger partial charge in [0.25, 0.3) is 0 Å². The third kappa shape index (κ3) is 4.88. The smallest absolute Gasteiger partial charge is 0.178 e. The van der Waals surface area contributed by atoms with Crippen LogP contribution in [0.5, 0.6) is 5.75 Å². The fourth-order valence-electron chi connectivity index (χ4n) is 3.99. The van der Waals surface area contributed by atoms with Crippen LogP contribution in [0.3, 0.4) is 0 Å². The van der Waals surface area contributed by atoms with Crippen molar-refractivity contribution in [3.63, 3.8) is 0 Å². The van der Waals surface area contributed by atoms with Crippen molar-refractivity contribution in [3.8, 4) is 5.75 Å². The van der Waals surface area contributed by atoms with Crippen molar-refractivity contribution < 1.29 is 32.5 Å². The Bertz CT molecular complexity index is 1370. The third-order valence-electron chi connectivity index (χ3n) is 5.63. The first-order chi connectivity index (χ1) is 16.8. The van der Waals surface area contributed by atoms with Crippen LogP contribution < -0.4 is 4.74 Å². The maximum Gasteiger partial charge on any atom is 0.178 e. The summed E-state index contributed by atoms with van der Waals surface area (Å²) in [6.07, 6.45) is 0. The van der Waals surface area contributed by atoms with Crippen LogP contribution in [0.2, 0.25) is 0 Å². The van der Waals surface area contributed by atoms with Crippen molar-refractivity contribution in [2.75, 3.05) is 60.0 Å². The molecule has 7 heteroatoms. The predicted octanol–water partition coefficient (Wildman–Crippen LogP) is 5.56. The molecule has 34 heavy (non-hydrogen) atoms. The zero-order valence-electron chi connectivity index (χ0n) is 19.2. The predicted molar refractivity (Wildman–Crippen MR) is 131 cm³/mol. The average molecular weight is 465 g/mol. The van der Waals surface area contributed by atoms with E-state index in [-0.39, 0.29) is 0 Å². The Morgan fingerprint density at radius 2 is 1.12 bits per heavy atom. The van der Waals surface area contributed by atoms with Crippen LogP contribution in [-0.4, -0.2) is 60.0 Å². The Balaban J connectivity index is 1.14. The average Bonchev–Trinajstić information content (AvgIpc) is 3.42. The molecule has 0 saturated heterocycles. The molecule has 2 aromatic heterocycles. The highest BCUT2D eigenvalue weighted by Gasteiger charge is 2.15. The molecule has 0 bridgehead atoms. The van der Waals surface area contributed by atoms with E-state index in [1.165, 1.54) is 0 Å². The van der Waals surface area contributed by atoms with Gasteiger partial charge < -0.3 is 32.5 Å². The minimum atomic E-state index is 0.444. The topological polar surface area (TPSA) is 72.4 Å². The van der Waals surface area contributed by atoms with E-state index in [1.54, 1.807) is 7.11 Å². The molecule has 0 fully saturated rings. The summed E-state index contributed by atoms with van der Waals surface area (Å²) in [5.41, 5.74) is 3.15. The van der Waals surface area contributed by atoms with Crippen molar-refractivity contribution in [2.45, 2.75) is 0 Å². The van der Waals surface area contributed by atoms with Crippen LogP contribution in [0, 0.1) is 0 Å². The number of para-hydroxylation sites is 1. The van der Waals surface area contributed by atoms with Gasteiger partial charge in [0.15, 0.2) is 11.2 Å². The Labute approximate surface area is 197 Å². The molecule has 0 spiro atoms. The van der Waals surface area contributed by atoms with Gasteiger partial charge in [-0.2, -0.15) is 0 Å². The van der Waals surface area contributed by atoms with Crippen LogP contribution in [0.4, 0.5) is 0 Å². The maximum atomic E-state index is 6.21. The summed E-state index contributed by atoms with van der Waals surface area (Å²) in [5.74, 6) is 0.737. The van der Waals surface area contributed by atoms with Crippen LogP contribution >= 0.6 is 0 Å². The maximum absolute atomic E-state index is 6.21. The second kappa shape index (κ2) is 10.9. The van der Waals surface area contributed by atoms with Gasteiger partial charge in [-0.3, -0.25) is 0 Å². The van der Waals surface area contributed by atoms with Crippen molar-refractivity contribution in [1.29, 1.82) is 0 Å². The number of benzene rings is 3. The standard InChI is InChI=1S/C27H28O7/c1-28-10-11-29-12-13-30-14-15-31-16-17-32-19-6-7-21-23-9-8-22-20-4-2-3-5-24(20)33-26(22)27(23)34-25(21)18-19/h2-9,18H,10-17H2,1H3. The quantitative estimate of drug-likeness (QED) is 0.211. The normalized spacial score (nSPS) is 11.9. The minimum absolute atomic E-state index is 0.444. The van der Waals surface area contributed by atoms with Gasteiger partial charge in [-0.05, 0) is 30.3 Å². The van der Waals surface area contributed by atoms with E-state index in [0.717, 1.165) is 49.6 Å². The van der Waals surface area contributed by atoms with Crippen molar-refractivity contribution >= 4 is 43.9 Å². The first kappa shape index (κ1) is 22.7. The molecule has 0 aliphatic rings. The van der Waals surface area contributed by atoms with Gasteiger partial charge in [-0.1, -0.05) is 18.2 Å². The molecule has 2 heterocycles. The number of hydrogen-bond acceptors (Lipinski definition) is 7. The second-order valence-corrected chi connectivity index (χ2v) is 7.86. The van der Waals surface area contributed by atoms with E-state index >= 15 is 0 Å². The molecule has 0 aliphatic carbocycles. The van der Waals surface area contributed by atoms with Gasteiger partial charge in [0.2, 0.25) is 0 Å². The summed E-state index contributed by atoms with van der Waals surface area (Å²) in [4.78, 5) is 0. The first-order valence-corrected chi connectivity index (χ1v) is 11.5. The minimum Gasteiger partial charge on any atom is -0.491 e. The lowest BCUT2D eigenvalue weighted by Crippen LogP contribution is -2.13. The van der Waals surface area contributed by atoms with E-state index in [0.29, 0.717) is 52.9 Å². The first-order valence-electron chi connectivity index (χ1n) is 11.5. The largest absolute Gasteiger partial charge is 0.491 e. The van der Waals surface area contributed by atoms with Gasteiger partial charge in [0, 0.05) is 34.7 Å². The van der Waals surface area contributed by atoms with Crippen molar-refractivity contribution in [2.24, 2.45) is 0 Å². The molecule has 178 valence electrons. The summed E-state index contributed by atoms with van der Waals surface area (Å²) < 4.78 is 39.4. The Hall–Kier alpha value is -3.10. The molecule has 0 N–H and O–H groups in total. The molecule has 0 radical (unpaired) electrons. The van der Waals surface area contributed by atoms with Gasteiger partial charge >= 0.3 is 0 Å². The summed E-state index contributed by atoms with van der Waals surface area (Å²) in [6.45, 7) is 4.23. The molecule has 0 atom stereocenters. The molecule has 3 aromatic carbocycles. The monoisotopic (exact) mass is 464 g/mol. The van der Waals surface area contributed by atoms with Crippen LogP contribution in [-0.2, 0) is 18.9 Å². The van der Waals surface area contributed by atoms with E-state index in [1.807, 2.05) is 36.4 Å². The molecular weight excluding hydrogens is 436 g/mol. The highest BCUT2D eigenvalue weighted by molar-refractivity contribution is 6.18. The number of methoxy groups -OCH3 is 1. The van der Waals surface area contributed by atoms with E-state index in [4.69, 9.17) is 32.5 Å². The fourth-order valence-corrected chi connectivity index (χ4v) is 3.99. The van der Waals surface area contributed by atoms with Crippen molar-refractivity contribution in [1.82, 2.24) is 0 Å². The van der Waals surface area contributed by atoms with Crippen molar-refractivity contribution in [3.05, 3.63) is 54.6 Å². The lowest BCUT2D eigenvalue weighted by atomic mass is 10.1. The zero-order chi connectivity index (χ0) is 23.2. The molecule has 0 amide bonds. The zero-order valence-corrected chi connectivity index (χ0v) is 19.2. The number of rotatable bonds is 13. The summed E-state index contributed by atoms with van der Waals surface area (Å²) in [7, 11) is 1.65. The Kier molecular flexibility index (Phi) is 7.26. The number of furan rings is 2. The lowest BCUT2D eigenvalue weighted by Gasteiger charge is -2.08.